The second-order valence-corrected chi connectivity index (χ2v) is 7.90. The number of ketones is 1. The summed E-state index contributed by atoms with van der Waals surface area (Å²) in [5.74, 6) is -2.88. The van der Waals surface area contributed by atoms with Crippen LogP contribution in [0.4, 0.5) is 9.52 Å². The van der Waals surface area contributed by atoms with E-state index in [1.165, 1.54) is 30.3 Å². The van der Waals surface area contributed by atoms with Crippen molar-refractivity contribution in [3.8, 4) is 0 Å². The normalized spacial score (nSPS) is 18.4. The van der Waals surface area contributed by atoms with Crippen molar-refractivity contribution in [2.45, 2.75) is 13.0 Å². The van der Waals surface area contributed by atoms with Crippen LogP contribution in [0.2, 0.25) is 5.02 Å². The maximum Gasteiger partial charge on any atom is 0.301 e. The van der Waals surface area contributed by atoms with Crippen LogP contribution >= 0.6 is 22.9 Å². The average molecular weight is 430 g/mol. The van der Waals surface area contributed by atoms with Gasteiger partial charge in [0.2, 0.25) is 5.13 Å². The fourth-order valence-electron chi connectivity index (χ4n) is 3.17. The van der Waals surface area contributed by atoms with Gasteiger partial charge < -0.3 is 5.11 Å². The molecular formula is C20H13ClFN3O3S. The Labute approximate surface area is 173 Å². The molecule has 3 aromatic rings. The molecule has 0 saturated carbocycles. The van der Waals surface area contributed by atoms with Crippen LogP contribution in [-0.2, 0) is 9.59 Å². The molecule has 2 heterocycles. The number of carbonyl (C=O) groups excluding carboxylic acids is 2. The smallest absolute Gasteiger partial charge is 0.301 e. The van der Waals surface area contributed by atoms with Crippen molar-refractivity contribution in [1.82, 2.24) is 10.2 Å². The van der Waals surface area contributed by atoms with Gasteiger partial charge in [0, 0.05) is 16.1 Å². The Kier molecular flexibility index (Phi) is 4.89. The number of aryl methyl sites for hydroxylation is 1. The second kappa shape index (κ2) is 7.38. The number of anilines is 1. The van der Waals surface area contributed by atoms with Crippen molar-refractivity contribution in [2.75, 3.05) is 4.90 Å². The van der Waals surface area contributed by atoms with Gasteiger partial charge in [-0.25, -0.2) is 4.39 Å². The number of halogens is 2. The van der Waals surface area contributed by atoms with Gasteiger partial charge in [0.05, 0.1) is 5.57 Å². The van der Waals surface area contributed by atoms with Crippen molar-refractivity contribution < 1.29 is 19.1 Å². The Hall–Kier alpha value is -3.10. The Bertz CT molecular complexity index is 1160. The lowest BCUT2D eigenvalue weighted by atomic mass is 9.95. The molecule has 1 atom stereocenters. The summed E-state index contributed by atoms with van der Waals surface area (Å²) in [4.78, 5) is 26.8. The van der Waals surface area contributed by atoms with E-state index in [4.69, 9.17) is 11.6 Å². The van der Waals surface area contributed by atoms with Gasteiger partial charge in [-0.15, -0.1) is 10.2 Å². The third-order valence-electron chi connectivity index (χ3n) is 4.48. The Morgan fingerprint density at radius 1 is 1.14 bits per heavy atom. The SMILES string of the molecule is Cc1nnc(N2C(=O)C(=O)C(=C(O)c3ccc(Cl)cc3)C2c2ccccc2F)s1. The molecule has 6 nitrogen and oxygen atoms in total. The highest BCUT2D eigenvalue weighted by molar-refractivity contribution is 7.15. The predicted octanol–water partition coefficient (Wildman–Crippen LogP) is 4.27. The highest BCUT2D eigenvalue weighted by atomic mass is 35.5. The van der Waals surface area contributed by atoms with Gasteiger partial charge >= 0.3 is 5.91 Å². The first-order valence-electron chi connectivity index (χ1n) is 8.50. The number of carbonyl (C=O) groups is 2. The molecule has 9 heteroatoms. The van der Waals surface area contributed by atoms with E-state index >= 15 is 0 Å². The summed E-state index contributed by atoms with van der Waals surface area (Å²) in [6.07, 6.45) is 0. The molecule has 146 valence electrons. The van der Waals surface area contributed by atoms with Crippen LogP contribution < -0.4 is 4.90 Å². The minimum absolute atomic E-state index is 0.0649. The Morgan fingerprint density at radius 3 is 2.45 bits per heavy atom. The molecule has 29 heavy (non-hydrogen) atoms. The van der Waals surface area contributed by atoms with E-state index in [1.54, 1.807) is 25.1 Å². The lowest BCUT2D eigenvalue weighted by Gasteiger charge is -2.22. The number of benzene rings is 2. The third-order valence-corrected chi connectivity index (χ3v) is 5.57. The Balaban J connectivity index is 1.97. The van der Waals surface area contributed by atoms with E-state index in [-0.39, 0.29) is 21.8 Å². The Morgan fingerprint density at radius 2 is 1.83 bits per heavy atom. The summed E-state index contributed by atoms with van der Waals surface area (Å²) >= 11 is 6.98. The lowest BCUT2D eigenvalue weighted by Crippen LogP contribution is -2.29. The molecule has 2 aromatic carbocycles. The molecule has 1 amide bonds. The lowest BCUT2D eigenvalue weighted by molar-refractivity contribution is -0.132. The van der Waals surface area contributed by atoms with Gasteiger partial charge in [-0.1, -0.05) is 41.1 Å². The molecule has 1 N–H and O–H groups in total. The van der Waals surface area contributed by atoms with Crippen LogP contribution in [0, 0.1) is 12.7 Å². The topological polar surface area (TPSA) is 83.4 Å². The standard InChI is InChI=1S/C20H13ClFN3O3S/c1-10-23-24-20(29-10)25-16(13-4-2-3-5-14(13)22)15(18(27)19(25)28)17(26)11-6-8-12(21)9-7-11/h2-9,16,26H,1H3. The molecule has 0 bridgehead atoms. The average Bonchev–Trinajstić information content (AvgIpc) is 3.23. The first kappa shape index (κ1) is 19.2. The van der Waals surface area contributed by atoms with Gasteiger partial charge in [0.25, 0.3) is 5.78 Å². The van der Waals surface area contributed by atoms with Gasteiger partial charge in [-0.2, -0.15) is 0 Å². The van der Waals surface area contributed by atoms with E-state index in [9.17, 15) is 19.1 Å². The van der Waals surface area contributed by atoms with Gasteiger partial charge in [0.15, 0.2) is 0 Å². The quantitative estimate of drug-likeness (QED) is 0.382. The van der Waals surface area contributed by atoms with Crippen LogP contribution in [0.25, 0.3) is 5.76 Å². The predicted molar refractivity (Wildman–Crippen MR) is 107 cm³/mol. The minimum atomic E-state index is -1.18. The number of hydrogen-bond acceptors (Lipinski definition) is 6. The molecule has 1 fully saturated rings. The van der Waals surface area contributed by atoms with E-state index in [1.807, 2.05) is 0 Å². The van der Waals surface area contributed by atoms with Gasteiger partial charge in [-0.3, -0.25) is 14.5 Å². The molecule has 4 rings (SSSR count). The zero-order valence-electron chi connectivity index (χ0n) is 15.0. The highest BCUT2D eigenvalue weighted by Crippen LogP contribution is 2.43. The number of aliphatic hydroxyl groups is 1. The zero-order chi connectivity index (χ0) is 20.7. The maximum absolute atomic E-state index is 14.7. The number of aliphatic hydroxyl groups excluding tert-OH is 1. The molecule has 1 saturated heterocycles. The monoisotopic (exact) mass is 429 g/mol. The van der Waals surface area contributed by atoms with Crippen molar-refractivity contribution in [1.29, 1.82) is 0 Å². The summed E-state index contributed by atoms with van der Waals surface area (Å²) in [5.41, 5.74) is 0.118. The molecule has 1 unspecified atom stereocenters. The highest BCUT2D eigenvalue weighted by Gasteiger charge is 2.49. The number of aromatic nitrogens is 2. The molecule has 1 aliphatic rings. The fourth-order valence-corrected chi connectivity index (χ4v) is 4.01. The maximum atomic E-state index is 14.7. The summed E-state index contributed by atoms with van der Waals surface area (Å²) in [5, 5.41) is 19.9. The molecule has 1 aliphatic heterocycles. The van der Waals surface area contributed by atoms with E-state index in [0.717, 1.165) is 16.2 Å². The van der Waals surface area contributed by atoms with Crippen LogP contribution in [0.3, 0.4) is 0 Å². The van der Waals surface area contributed by atoms with Crippen LogP contribution in [-0.4, -0.2) is 27.0 Å². The fraction of sp³-hybridized carbons (Fsp3) is 0.100. The van der Waals surface area contributed by atoms with Crippen LogP contribution in [0.5, 0.6) is 0 Å². The number of Topliss-reactive ketones (excluding diaryl/α,β-unsaturated/α-hetero) is 1. The van der Waals surface area contributed by atoms with Crippen molar-refractivity contribution in [3.05, 3.63) is 81.1 Å². The van der Waals surface area contributed by atoms with Crippen molar-refractivity contribution >= 4 is 45.5 Å². The van der Waals surface area contributed by atoms with E-state index in [0.29, 0.717) is 10.0 Å². The number of amides is 1. The molecule has 1 aromatic heterocycles. The summed E-state index contributed by atoms with van der Waals surface area (Å²) in [6, 6.07) is 10.7. The summed E-state index contributed by atoms with van der Waals surface area (Å²) < 4.78 is 14.7. The number of rotatable bonds is 3. The number of nitrogens with zero attached hydrogens (tertiary/aromatic N) is 3. The zero-order valence-corrected chi connectivity index (χ0v) is 16.5. The first-order valence-corrected chi connectivity index (χ1v) is 9.69. The molecule has 0 radical (unpaired) electrons. The van der Waals surface area contributed by atoms with Crippen molar-refractivity contribution in [3.63, 3.8) is 0 Å². The number of hydrogen-bond donors (Lipinski definition) is 1. The summed E-state index contributed by atoms with van der Waals surface area (Å²) in [6.45, 7) is 1.70. The second-order valence-electron chi connectivity index (χ2n) is 6.30. The van der Waals surface area contributed by atoms with Crippen molar-refractivity contribution in [2.24, 2.45) is 0 Å². The molecular weight excluding hydrogens is 417 g/mol. The third kappa shape index (κ3) is 3.30. The van der Waals surface area contributed by atoms with Crippen LogP contribution in [0.1, 0.15) is 22.2 Å². The van der Waals surface area contributed by atoms with E-state index in [2.05, 4.69) is 10.2 Å². The summed E-state index contributed by atoms with van der Waals surface area (Å²) in [7, 11) is 0. The van der Waals surface area contributed by atoms with Crippen LogP contribution in [0.15, 0.2) is 54.1 Å². The van der Waals surface area contributed by atoms with E-state index < -0.39 is 29.3 Å². The molecule has 0 spiro atoms. The van der Waals surface area contributed by atoms with Gasteiger partial charge in [0.1, 0.15) is 22.6 Å². The van der Waals surface area contributed by atoms with Gasteiger partial charge in [-0.05, 0) is 37.3 Å². The molecule has 0 aliphatic carbocycles. The minimum Gasteiger partial charge on any atom is -0.507 e. The largest absolute Gasteiger partial charge is 0.507 e. The first-order chi connectivity index (χ1) is 13.9.